The third-order valence-electron chi connectivity index (χ3n) is 3.57. The number of rotatable bonds is 8. The van der Waals surface area contributed by atoms with E-state index in [0.717, 1.165) is 30.2 Å². The molecule has 0 unspecified atom stereocenters. The molecular formula is C16H25ClN2O2. The Bertz CT molecular complexity index is 462. The van der Waals surface area contributed by atoms with E-state index in [1.807, 2.05) is 12.1 Å². The second-order valence-corrected chi connectivity index (χ2v) is 5.49. The highest BCUT2D eigenvalue weighted by atomic mass is 35.5. The van der Waals surface area contributed by atoms with E-state index in [-0.39, 0.29) is 18.3 Å². The lowest BCUT2D eigenvalue weighted by Gasteiger charge is -2.10. The maximum absolute atomic E-state index is 11.7. The zero-order valence-corrected chi connectivity index (χ0v) is 13.6. The van der Waals surface area contributed by atoms with E-state index in [2.05, 4.69) is 23.6 Å². The molecule has 2 N–H and O–H groups in total. The van der Waals surface area contributed by atoms with Crippen LogP contribution in [0.5, 0.6) is 5.75 Å². The first-order chi connectivity index (χ1) is 9.69. The average molecular weight is 313 g/mol. The third kappa shape index (κ3) is 6.36. The number of benzene rings is 1. The molecule has 0 spiro atoms. The molecule has 0 saturated heterocycles. The van der Waals surface area contributed by atoms with Gasteiger partial charge in [-0.25, -0.2) is 0 Å². The van der Waals surface area contributed by atoms with Crippen LogP contribution in [-0.2, 0) is 11.2 Å². The molecule has 21 heavy (non-hydrogen) atoms. The third-order valence-corrected chi connectivity index (χ3v) is 3.57. The van der Waals surface area contributed by atoms with Crippen LogP contribution in [0.25, 0.3) is 0 Å². The van der Waals surface area contributed by atoms with Crippen LogP contribution in [0.4, 0.5) is 0 Å². The molecule has 1 saturated carbocycles. The molecule has 5 heteroatoms. The van der Waals surface area contributed by atoms with Crippen molar-refractivity contribution in [1.82, 2.24) is 10.6 Å². The molecule has 0 aromatic heterocycles. The van der Waals surface area contributed by atoms with Gasteiger partial charge in [0.15, 0.2) is 0 Å². The molecule has 1 aliphatic rings. The summed E-state index contributed by atoms with van der Waals surface area (Å²) in [5.41, 5.74) is 2.34. The van der Waals surface area contributed by atoms with Gasteiger partial charge in [-0.05, 0) is 50.3 Å². The van der Waals surface area contributed by atoms with Crippen molar-refractivity contribution in [3.63, 3.8) is 0 Å². The first kappa shape index (κ1) is 17.8. The first-order valence-electron chi connectivity index (χ1n) is 7.30. The van der Waals surface area contributed by atoms with Gasteiger partial charge in [0.1, 0.15) is 5.75 Å². The lowest BCUT2D eigenvalue weighted by Crippen LogP contribution is -2.35. The molecule has 1 amide bonds. The second-order valence-electron chi connectivity index (χ2n) is 5.49. The Morgan fingerprint density at radius 3 is 2.81 bits per heavy atom. The predicted octanol–water partition coefficient (Wildman–Crippen LogP) is 2.08. The molecule has 1 fully saturated rings. The van der Waals surface area contributed by atoms with E-state index in [9.17, 15) is 4.79 Å². The largest absolute Gasteiger partial charge is 0.496 e. The molecule has 2 rings (SSSR count). The fourth-order valence-electron chi connectivity index (χ4n) is 2.21. The van der Waals surface area contributed by atoms with Gasteiger partial charge in [0.05, 0.1) is 13.7 Å². The fraction of sp³-hybridized carbons (Fsp3) is 0.562. The van der Waals surface area contributed by atoms with Crippen LogP contribution in [0.15, 0.2) is 18.2 Å². The maximum atomic E-state index is 11.7. The topological polar surface area (TPSA) is 50.4 Å². The van der Waals surface area contributed by atoms with Crippen molar-refractivity contribution in [3.05, 3.63) is 29.3 Å². The smallest absolute Gasteiger partial charge is 0.233 e. The summed E-state index contributed by atoms with van der Waals surface area (Å²) in [5, 5.41) is 6.13. The van der Waals surface area contributed by atoms with Gasteiger partial charge in [-0.3, -0.25) is 4.79 Å². The van der Waals surface area contributed by atoms with Crippen LogP contribution in [-0.4, -0.2) is 32.7 Å². The van der Waals surface area contributed by atoms with Gasteiger partial charge in [0.25, 0.3) is 0 Å². The van der Waals surface area contributed by atoms with Crippen molar-refractivity contribution < 1.29 is 9.53 Å². The number of hydrogen-bond acceptors (Lipinski definition) is 3. The van der Waals surface area contributed by atoms with Gasteiger partial charge < -0.3 is 15.4 Å². The Balaban J connectivity index is 0.00000220. The Morgan fingerprint density at radius 1 is 1.38 bits per heavy atom. The van der Waals surface area contributed by atoms with E-state index in [1.165, 1.54) is 18.4 Å². The van der Waals surface area contributed by atoms with E-state index < -0.39 is 0 Å². The molecule has 0 aliphatic heterocycles. The molecule has 0 bridgehead atoms. The molecule has 0 radical (unpaired) electrons. The molecule has 4 nitrogen and oxygen atoms in total. The second kappa shape index (κ2) is 8.90. The Hall–Kier alpha value is -1.26. The lowest BCUT2D eigenvalue weighted by atomic mass is 10.1. The average Bonchev–Trinajstić information content (AvgIpc) is 3.23. The van der Waals surface area contributed by atoms with Crippen molar-refractivity contribution in [2.45, 2.75) is 26.2 Å². The van der Waals surface area contributed by atoms with Crippen molar-refractivity contribution in [1.29, 1.82) is 0 Å². The Labute approximate surface area is 133 Å². The highest BCUT2D eigenvalue weighted by Gasteiger charge is 2.20. The van der Waals surface area contributed by atoms with Gasteiger partial charge in [-0.15, -0.1) is 12.4 Å². The van der Waals surface area contributed by atoms with E-state index in [4.69, 9.17) is 4.74 Å². The lowest BCUT2D eigenvalue weighted by molar-refractivity contribution is -0.120. The number of hydrogen-bond donors (Lipinski definition) is 2. The number of carbonyl (C=O) groups is 1. The number of halogens is 1. The van der Waals surface area contributed by atoms with Crippen LogP contribution in [0.2, 0.25) is 0 Å². The SMILES string of the molecule is COc1ccc(C)cc1CCNC(=O)CNCC1CC1.Cl. The minimum atomic E-state index is 0. The number of ether oxygens (including phenoxy) is 1. The van der Waals surface area contributed by atoms with Crippen LogP contribution in [0.1, 0.15) is 24.0 Å². The van der Waals surface area contributed by atoms with Crippen molar-refractivity contribution in [2.24, 2.45) is 5.92 Å². The number of nitrogens with one attached hydrogen (secondary N) is 2. The molecule has 0 heterocycles. The summed E-state index contributed by atoms with van der Waals surface area (Å²) in [7, 11) is 1.68. The number of amides is 1. The highest BCUT2D eigenvalue weighted by molar-refractivity contribution is 5.85. The van der Waals surface area contributed by atoms with Gasteiger partial charge >= 0.3 is 0 Å². The van der Waals surface area contributed by atoms with Crippen LogP contribution >= 0.6 is 12.4 Å². The summed E-state index contributed by atoms with van der Waals surface area (Å²) in [4.78, 5) is 11.7. The minimum absolute atomic E-state index is 0. The molecule has 0 atom stereocenters. The number of methoxy groups -OCH3 is 1. The Kier molecular flexibility index (Phi) is 7.54. The highest BCUT2D eigenvalue weighted by Crippen LogP contribution is 2.27. The molecule has 118 valence electrons. The Morgan fingerprint density at radius 2 is 2.14 bits per heavy atom. The zero-order chi connectivity index (χ0) is 14.4. The van der Waals surface area contributed by atoms with Crippen molar-refractivity contribution in [3.8, 4) is 5.75 Å². The summed E-state index contributed by atoms with van der Waals surface area (Å²) in [6, 6.07) is 6.11. The van der Waals surface area contributed by atoms with Crippen molar-refractivity contribution in [2.75, 3.05) is 26.7 Å². The van der Waals surface area contributed by atoms with Crippen molar-refractivity contribution >= 4 is 18.3 Å². The standard InChI is InChI=1S/C16H24N2O2.ClH/c1-12-3-6-15(20-2)14(9-12)7-8-18-16(19)11-17-10-13-4-5-13;/h3,6,9,13,17H,4-5,7-8,10-11H2,1-2H3,(H,18,19);1H. The number of carbonyl (C=O) groups excluding carboxylic acids is 1. The summed E-state index contributed by atoms with van der Waals surface area (Å²) < 4.78 is 5.33. The molecule has 1 aromatic carbocycles. The van der Waals surface area contributed by atoms with Gasteiger partial charge in [-0.2, -0.15) is 0 Å². The molecular weight excluding hydrogens is 288 g/mol. The van der Waals surface area contributed by atoms with Gasteiger partial charge in [-0.1, -0.05) is 17.7 Å². The fourth-order valence-corrected chi connectivity index (χ4v) is 2.21. The minimum Gasteiger partial charge on any atom is -0.496 e. The number of aryl methyl sites for hydroxylation is 1. The maximum Gasteiger partial charge on any atom is 0.233 e. The molecule has 1 aliphatic carbocycles. The van der Waals surface area contributed by atoms with E-state index in [1.54, 1.807) is 7.11 Å². The first-order valence-corrected chi connectivity index (χ1v) is 7.30. The van der Waals surface area contributed by atoms with Crippen LogP contribution in [0, 0.1) is 12.8 Å². The zero-order valence-electron chi connectivity index (χ0n) is 12.8. The van der Waals surface area contributed by atoms with E-state index in [0.29, 0.717) is 13.1 Å². The normalized spacial score (nSPS) is 13.4. The predicted molar refractivity (Wildman–Crippen MR) is 87.3 cm³/mol. The van der Waals surface area contributed by atoms with Gasteiger partial charge in [0.2, 0.25) is 5.91 Å². The quantitative estimate of drug-likeness (QED) is 0.773. The summed E-state index contributed by atoms with van der Waals surface area (Å²) >= 11 is 0. The molecule has 1 aromatic rings. The van der Waals surface area contributed by atoms with Gasteiger partial charge in [0, 0.05) is 6.54 Å². The summed E-state index contributed by atoms with van der Waals surface area (Å²) in [6.07, 6.45) is 3.41. The van der Waals surface area contributed by atoms with Crippen LogP contribution in [0.3, 0.4) is 0 Å². The summed E-state index contributed by atoms with van der Waals surface area (Å²) in [5.74, 6) is 1.76. The van der Waals surface area contributed by atoms with Crippen LogP contribution < -0.4 is 15.4 Å². The monoisotopic (exact) mass is 312 g/mol. The van der Waals surface area contributed by atoms with E-state index >= 15 is 0 Å². The summed E-state index contributed by atoms with van der Waals surface area (Å²) in [6.45, 7) is 4.09.